The third kappa shape index (κ3) is 3.13. The Hall–Kier alpha value is -3.71. The molecule has 3 aliphatic rings. The van der Waals surface area contributed by atoms with Gasteiger partial charge < -0.3 is 20.4 Å². The van der Waals surface area contributed by atoms with E-state index in [9.17, 15) is 34.8 Å². The van der Waals surface area contributed by atoms with Crippen molar-refractivity contribution in [2.24, 2.45) is 10.8 Å². The van der Waals surface area contributed by atoms with E-state index in [1.54, 1.807) is 19.9 Å². The van der Waals surface area contributed by atoms with E-state index in [4.69, 9.17) is 0 Å². The number of carbonyl (C=O) groups excluding carboxylic acids is 3. The zero-order chi connectivity index (χ0) is 27.2. The number of rotatable bonds is 2. The van der Waals surface area contributed by atoms with Crippen molar-refractivity contribution in [1.82, 2.24) is 0 Å². The summed E-state index contributed by atoms with van der Waals surface area (Å²) in [5.41, 5.74) is -1.14. The van der Waals surface area contributed by atoms with Crippen LogP contribution in [-0.2, 0) is 20.8 Å². The molecule has 0 heterocycles. The predicted molar refractivity (Wildman–Crippen MR) is 137 cm³/mol. The standard InChI is InChI=1S/C30H30O7/c1-14-6-7-17(15(2)10-14)18-8-9-20(32)23-19(18)11-28(4)13-29(5)12-21(33)22(16(3)31)26(35)30(29,37)27(36)24(28)25(23)34/h6-10,32,34-35,37H,11-13H2,1-5H3/t28-,29+,30+/m1/s1. The van der Waals surface area contributed by atoms with Gasteiger partial charge in [-0.1, -0.05) is 43.7 Å². The molecule has 0 radical (unpaired) electrons. The second-order valence-electron chi connectivity index (χ2n) is 11.4. The van der Waals surface area contributed by atoms with Crippen LogP contribution in [0.3, 0.4) is 0 Å². The number of phenolic OH excluding ortho intramolecular Hbond substituents is 1. The third-order valence-corrected chi connectivity index (χ3v) is 8.58. The van der Waals surface area contributed by atoms with Crippen LogP contribution in [0.25, 0.3) is 16.9 Å². The molecule has 0 spiro atoms. The van der Waals surface area contributed by atoms with E-state index in [-0.39, 0.29) is 36.1 Å². The summed E-state index contributed by atoms with van der Waals surface area (Å²) in [5.74, 6) is -4.00. The van der Waals surface area contributed by atoms with Gasteiger partial charge in [0.05, 0.1) is 5.56 Å². The second kappa shape index (κ2) is 7.65. The monoisotopic (exact) mass is 502 g/mol. The number of fused-ring (bicyclic) bond motifs is 3. The lowest BCUT2D eigenvalue weighted by Gasteiger charge is -2.56. The van der Waals surface area contributed by atoms with Crippen molar-refractivity contribution in [1.29, 1.82) is 0 Å². The van der Waals surface area contributed by atoms with Gasteiger partial charge in [0.25, 0.3) is 0 Å². The molecule has 3 aliphatic carbocycles. The maximum atomic E-state index is 14.0. The summed E-state index contributed by atoms with van der Waals surface area (Å²) >= 11 is 0. The van der Waals surface area contributed by atoms with Crippen LogP contribution in [0, 0.1) is 24.7 Å². The summed E-state index contributed by atoms with van der Waals surface area (Å²) in [6, 6.07) is 9.25. The molecular weight excluding hydrogens is 472 g/mol. The number of hydrogen-bond acceptors (Lipinski definition) is 7. The largest absolute Gasteiger partial charge is 0.508 e. The molecule has 1 fully saturated rings. The van der Waals surface area contributed by atoms with Crippen molar-refractivity contribution in [3.63, 3.8) is 0 Å². The van der Waals surface area contributed by atoms with Crippen molar-refractivity contribution >= 4 is 23.1 Å². The highest BCUT2D eigenvalue weighted by Gasteiger charge is 2.68. The quantitative estimate of drug-likeness (QED) is 0.442. The molecule has 1 saturated carbocycles. The normalized spacial score (nSPS) is 29.1. The number of aromatic hydroxyl groups is 1. The van der Waals surface area contributed by atoms with Crippen LogP contribution < -0.4 is 0 Å². The lowest BCUT2D eigenvalue weighted by molar-refractivity contribution is -0.164. The van der Waals surface area contributed by atoms with Crippen LogP contribution >= 0.6 is 0 Å². The smallest absolute Gasteiger partial charge is 0.203 e. The van der Waals surface area contributed by atoms with E-state index >= 15 is 0 Å². The van der Waals surface area contributed by atoms with Crippen LogP contribution in [0.4, 0.5) is 0 Å². The van der Waals surface area contributed by atoms with E-state index in [2.05, 4.69) is 0 Å². The number of Topliss-reactive ketones (excluding diaryl/α,β-unsaturated/α-hetero) is 3. The minimum Gasteiger partial charge on any atom is -0.508 e. The number of hydrogen-bond donors (Lipinski definition) is 4. The average molecular weight is 503 g/mol. The molecule has 0 saturated heterocycles. The van der Waals surface area contributed by atoms with Gasteiger partial charge in [-0.2, -0.15) is 0 Å². The fourth-order valence-corrected chi connectivity index (χ4v) is 7.02. The molecule has 0 unspecified atom stereocenters. The number of aryl methyl sites for hydroxylation is 2. The van der Waals surface area contributed by atoms with Gasteiger partial charge in [-0.3, -0.25) is 14.4 Å². The van der Waals surface area contributed by atoms with Crippen LogP contribution in [0.2, 0.25) is 0 Å². The molecule has 7 heteroatoms. The summed E-state index contributed by atoms with van der Waals surface area (Å²) in [7, 11) is 0. The molecule has 2 aromatic carbocycles. The minimum atomic E-state index is -2.57. The van der Waals surface area contributed by atoms with Gasteiger partial charge in [0.15, 0.2) is 17.2 Å². The fourth-order valence-electron chi connectivity index (χ4n) is 7.02. The van der Waals surface area contributed by atoms with Gasteiger partial charge in [0.2, 0.25) is 5.78 Å². The molecule has 0 bridgehead atoms. The summed E-state index contributed by atoms with van der Waals surface area (Å²) in [5, 5.41) is 45.0. The summed E-state index contributed by atoms with van der Waals surface area (Å²) in [4.78, 5) is 39.0. The van der Waals surface area contributed by atoms with Gasteiger partial charge in [-0.25, -0.2) is 0 Å². The van der Waals surface area contributed by atoms with Gasteiger partial charge in [0, 0.05) is 22.8 Å². The highest BCUT2D eigenvalue weighted by Crippen LogP contribution is 2.63. The van der Waals surface area contributed by atoms with Crippen LogP contribution in [0.15, 0.2) is 47.2 Å². The van der Waals surface area contributed by atoms with Gasteiger partial charge >= 0.3 is 0 Å². The number of phenols is 1. The molecular formula is C30H30O7. The highest BCUT2D eigenvalue weighted by atomic mass is 16.3. The molecule has 2 aromatic rings. The van der Waals surface area contributed by atoms with Crippen LogP contribution in [0.5, 0.6) is 5.75 Å². The predicted octanol–water partition coefficient (Wildman–Crippen LogP) is 4.59. The second-order valence-corrected chi connectivity index (χ2v) is 11.4. The first-order chi connectivity index (χ1) is 17.2. The zero-order valence-electron chi connectivity index (χ0n) is 21.5. The Morgan fingerprint density at radius 3 is 2.22 bits per heavy atom. The van der Waals surface area contributed by atoms with Gasteiger partial charge in [-0.05, 0) is 61.9 Å². The Labute approximate surface area is 214 Å². The molecule has 0 aliphatic heterocycles. The van der Waals surface area contributed by atoms with Gasteiger partial charge in [0.1, 0.15) is 22.8 Å². The van der Waals surface area contributed by atoms with E-state index in [1.165, 1.54) is 6.07 Å². The average Bonchev–Trinajstić information content (AvgIpc) is 2.76. The number of aliphatic hydroxyl groups excluding tert-OH is 2. The molecule has 4 N–H and O–H groups in total. The van der Waals surface area contributed by atoms with Crippen LogP contribution in [0.1, 0.15) is 55.9 Å². The number of ketones is 3. The fraction of sp³-hybridized carbons (Fsp3) is 0.367. The first-order valence-electron chi connectivity index (χ1n) is 12.3. The summed E-state index contributed by atoms with van der Waals surface area (Å²) < 4.78 is 0. The van der Waals surface area contributed by atoms with E-state index in [0.29, 0.717) is 5.56 Å². The first kappa shape index (κ1) is 25.0. The SMILES string of the molecule is CC(=O)C1=C(O)[C@]2(O)C(=O)C3=C(O)c4c(O)ccc(-c5ccc(C)cc5C)c4C[C@]3(C)C[C@]2(C)CC1=O. The third-order valence-electron chi connectivity index (χ3n) is 8.58. The molecule has 0 aromatic heterocycles. The lowest BCUT2D eigenvalue weighted by Crippen LogP contribution is -2.65. The molecule has 37 heavy (non-hydrogen) atoms. The van der Waals surface area contributed by atoms with E-state index < -0.39 is 50.9 Å². The topological polar surface area (TPSA) is 132 Å². The molecule has 5 rings (SSSR count). The molecule has 192 valence electrons. The Morgan fingerprint density at radius 1 is 0.946 bits per heavy atom. The van der Waals surface area contributed by atoms with E-state index in [0.717, 1.165) is 29.2 Å². The summed E-state index contributed by atoms with van der Waals surface area (Å²) in [6.45, 7) is 8.40. The van der Waals surface area contributed by atoms with Crippen molar-refractivity contribution in [2.75, 3.05) is 0 Å². The maximum absolute atomic E-state index is 14.0. The first-order valence-corrected chi connectivity index (χ1v) is 12.3. The maximum Gasteiger partial charge on any atom is 0.203 e. The van der Waals surface area contributed by atoms with Crippen molar-refractivity contribution < 1.29 is 34.8 Å². The van der Waals surface area contributed by atoms with E-state index in [1.807, 2.05) is 32.0 Å². The van der Waals surface area contributed by atoms with Crippen molar-refractivity contribution in [3.8, 4) is 16.9 Å². The highest BCUT2D eigenvalue weighted by molar-refractivity contribution is 6.23. The zero-order valence-corrected chi connectivity index (χ0v) is 21.5. The lowest BCUT2D eigenvalue weighted by atomic mass is 9.47. The summed E-state index contributed by atoms with van der Waals surface area (Å²) in [6.07, 6.45) is 0.00707. The number of carbonyl (C=O) groups is 3. The van der Waals surface area contributed by atoms with Gasteiger partial charge in [-0.15, -0.1) is 0 Å². The van der Waals surface area contributed by atoms with Crippen molar-refractivity contribution in [2.45, 2.75) is 59.5 Å². The Morgan fingerprint density at radius 2 is 1.59 bits per heavy atom. The number of benzene rings is 2. The number of allylic oxidation sites excluding steroid dienone is 1. The molecule has 0 amide bonds. The Balaban J connectivity index is 1.80. The van der Waals surface area contributed by atoms with Crippen molar-refractivity contribution in [3.05, 3.63) is 69.5 Å². The number of aliphatic hydroxyl groups is 3. The van der Waals surface area contributed by atoms with Crippen LogP contribution in [-0.4, -0.2) is 43.4 Å². The Bertz CT molecular complexity index is 1510. The molecule has 7 nitrogen and oxygen atoms in total. The molecule has 3 atom stereocenters. The Kier molecular flexibility index (Phi) is 5.16. The minimum absolute atomic E-state index is 0.0734.